The molecule has 0 aliphatic heterocycles. The van der Waals surface area contributed by atoms with Gasteiger partial charge in [-0.15, -0.1) is 0 Å². The van der Waals surface area contributed by atoms with E-state index in [9.17, 15) is 0 Å². The quantitative estimate of drug-likeness (QED) is 0.636. The SMILES string of the molecule is COC(C)CNCCCC(C)(C)C#N. The van der Waals surface area contributed by atoms with Crippen LogP contribution in [0.3, 0.4) is 0 Å². The molecule has 0 saturated carbocycles. The number of nitrogens with one attached hydrogen (secondary N) is 1. The smallest absolute Gasteiger partial charge is 0.0683 e. The third-order valence-electron chi connectivity index (χ3n) is 2.29. The molecule has 0 aromatic heterocycles. The van der Waals surface area contributed by atoms with Gasteiger partial charge in [-0.25, -0.2) is 0 Å². The Balaban J connectivity index is 3.35. The van der Waals surface area contributed by atoms with Gasteiger partial charge in [0.1, 0.15) is 0 Å². The maximum atomic E-state index is 8.79. The van der Waals surface area contributed by atoms with Gasteiger partial charge in [0.2, 0.25) is 0 Å². The van der Waals surface area contributed by atoms with Gasteiger partial charge in [0, 0.05) is 13.7 Å². The van der Waals surface area contributed by atoms with E-state index in [0.717, 1.165) is 25.9 Å². The van der Waals surface area contributed by atoms with Gasteiger partial charge in [-0.05, 0) is 40.2 Å². The molecule has 0 bridgehead atoms. The van der Waals surface area contributed by atoms with Crippen molar-refractivity contribution in [2.75, 3.05) is 20.2 Å². The standard InChI is InChI=1S/C11H22N2O/c1-10(14-4)8-13-7-5-6-11(2,3)9-12/h10,13H,5-8H2,1-4H3. The van der Waals surface area contributed by atoms with Crippen LogP contribution in [-0.4, -0.2) is 26.3 Å². The molecular formula is C11H22N2O. The first-order valence-corrected chi connectivity index (χ1v) is 5.16. The molecule has 0 rings (SSSR count). The van der Waals surface area contributed by atoms with Gasteiger partial charge in [0.05, 0.1) is 17.6 Å². The van der Waals surface area contributed by atoms with Crippen LogP contribution in [0.5, 0.6) is 0 Å². The van der Waals surface area contributed by atoms with E-state index in [1.165, 1.54) is 0 Å². The Bertz CT molecular complexity index is 184. The highest BCUT2D eigenvalue weighted by atomic mass is 16.5. The summed E-state index contributed by atoms with van der Waals surface area (Å²) in [5.74, 6) is 0. The Morgan fingerprint density at radius 2 is 2.14 bits per heavy atom. The molecule has 3 heteroatoms. The van der Waals surface area contributed by atoms with Crippen molar-refractivity contribution in [3.63, 3.8) is 0 Å². The van der Waals surface area contributed by atoms with Crippen molar-refractivity contribution in [3.8, 4) is 6.07 Å². The van der Waals surface area contributed by atoms with Crippen LogP contribution >= 0.6 is 0 Å². The zero-order valence-electron chi connectivity index (χ0n) is 9.76. The highest BCUT2D eigenvalue weighted by molar-refractivity contribution is 4.91. The third-order valence-corrected chi connectivity index (χ3v) is 2.29. The van der Waals surface area contributed by atoms with E-state index in [0.29, 0.717) is 0 Å². The molecule has 14 heavy (non-hydrogen) atoms. The Morgan fingerprint density at radius 1 is 1.50 bits per heavy atom. The van der Waals surface area contributed by atoms with E-state index in [1.54, 1.807) is 7.11 Å². The summed E-state index contributed by atoms with van der Waals surface area (Å²) in [6, 6.07) is 2.30. The molecule has 0 fully saturated rings. The normalized spacial score (nSPS) is 13.6. The molecule has 82 valence electrons. The largest absolute Gasteiger partial charge is 0.380 e. The molecule has 0 saturated heterocycles. The average Bonchev–Trinajstić information content (AvgIpc) is 2.17. The lowest BCUT2D eigenvalue weighted by atomic mass is 9.90. The van der Waals surface area contributed by atoms with Crippen molar-refractivity contribution in [3.05, 3.63) is 0 Å². The van der Waals surface area contributed by atoms with Crippen LogP contribution < -0.4 is 5.32 Å². The minimum absolute atomic E-state index is 0.186. The van der Waals surface area contributed by atoms with Crippen LogP contribution in [0.15, 0.2) is 0 Å². The Morgan fingerprint density at radius 3 is 2.64 bits per heavy atom. The molecule has 1 N–H and O–H groups in total. The van der Waals surface area contributed by atoms with Crippen molar-refractivity contribution in [2.45, 2.75) is 39.7 Å². The number of ether oxygens (including phenoxy) is 1. The first-order valence-electron chi connectivity index (χ1n) is 5.16. The van der Waals surface area contributed by atoms with Crippen LogP contribution in [0.25, 0.3) is 0 Å². The van der Waals surface area contributed by atoms with Crippen molar-refractivity contribution in [1.29, 1.82) is 5.26 Å². The van der Waals surface area contributed by atoms with Gasteiger partial charge in [0.25, 0.3) is 0 Å². The van der Waals surface area contributed by atoms with Crippen molar-refractivity contribution < 1.29 is 4.74 Å². The molecule has 0 heterocycles. The molecule has 0 aliphatic carbocycles. The van der Waals surface area contributed by atoms with Gasteiger partial charge >= 0.3 is 0 Å². The summed E-state index contributed by atoms with van der Waals surface area (Å²) in [6.07, 6.45) is 2.24. The number of hydrogen-bond donors (Lipinski definition) is 1. The molecule has 1 unspecified atom stereocenters. The predicted molar refractivity (Wildman–Crippen MR) is 58.0 cm³/mol. The average molecular weight is 198 g/mol. The highest BCUT2D eigenvalue weighted by Gasteiger charge is 2.15. The number of methoxy groups -OCH3 is 1. The molecule has 1 atom stereocenters. The molecule has 0 aliphatic rings. The van der Waals surface area contributed by atoms with Gasteiger partial charge in [-0.2, -0.15) is 5.26 Å². The minimum atomic E-state index is -0.186. The fourth-order valence-corrected chi connectivity index (χ4v) is 1.10. The number of nitrogens with zero attached hydrogens (tertiary/aromatic N) is 1. The van der Waals surface area contributed by atoms with Crippen LogP contribution in [-0.2, 0) is 4.74 Å². The summed E-state index contributed by atoms with van der Waals surface area (Å²) >= 11 is 0. The van der Waals surface area contributed by atoms with E-state index in [4.69, 9.17) is 10.00 Å². The van der Waals surface area contributed by atoms with Gasteiger partial charge in [-0.1, -0.05) is 0 Å². The third kappa shape index (κ3) is 6.88. The molecular weight excluding hydrogens is 176 g/mol. The Hall–Kier alpha value is -0.590. The van der Waals surface area contributed by atoms with Crippen LogP contribution in [0.2, 0.25) is 0 Å². The monoisotopic (exact) mass is 198 g/mol. The molecule has 0 aromatic rings. The second-order valence-corrected chi connectivity index (χ2v) is 4.35. The molecule has 0 aromatic carbocycles. The van der Waals surface area contributed by atoms with Gasteiger partial charge in [0.15, 0.2) is 0 Å². The molecule has 0 spiro atoms. The molecule has 0 amide bonds. The maximum Gasteiger partial charge on any atom is 0.0683 e. The topological polar surface area (TPSA) is 45.0 Å². The lowest BCUT2D eigenvalue weighted by Gasteiger charge is -2.15. The maximum absolute atomic E-state index is 8.79. The number of hydrogen-bond acceptors (Lipinski definition) is 3. The first-order chi connectivity index (χ1) is 6.52. The van der Waals surface area contributed by atoms with Crippen LogP contribution in [0.1, 0.15) is 33.6 Å². The zero-order chi connectivity index (χ0) is 11.0. The van der Waals surface area contributed by atoms with Crippen molar-refractivity contribution >= 4 is 0 Å². The Kier molecular flexibility index (Phi) is 6.52. The second kappa shape index (κ2) is 6.80. The number of rotatable bonds is 7. The number of nitriles is 1. The lowest BCUT2D eigenvalue weighted by molar-refractivity contribution is 0.117. The summed E-state index contributed by atoms with van der Waals surface area (Å²) in [7, 11) is 1.71. The van der Waals surface area contributed by atoms with E-state index in [1.807, 2.05) is 20.8 Å². The molecule has 3 nitrogen and oxygen atoms in total. The summed E-state index contributed by atoms with van der Waals surface area (Å²) < 4.78 is 5.10. The van der Waals surface area contributed by atoms with Crippen LogP contribution in [0.4, 0.5) is 0 Å². The highest BCUT2D eigenvalue weighted by Crippen LogP contribution is 2.19. The summed E-state index contributed by atoms with van der Waals surface area (Å²) in [4.78, 5) is 0. The Labute approximate surface area is 87.4 Å². The fourth-order valence-electron chi connectivity index (χ4n) is 1.10. The van der Waals surface area contributed by atoms with Crippen molar-refractivity contribution in [1.82, 2.24) is 5.32 Å². The molecule has 0 radical (unpaired) electrons. The van der Waals surface area contributed by atoms with Gasteiger partial charge < -0.3 is 10.1 Å². The lowest BCUT2D eigenvalue weighted by Crippen LogP contribution is -2.27. The van der Waals surface area contributed by atoms with Gasteiger partial charge in [-0.3, -0.25) is 0 Å². The predicted octanol–water partition coefficient (Wildman–Crippen LogP) is 1.94. The summed E-state index contributed by atoms with van der Waals surface area (Å²) in [6.45, 7) is 7.82. The van der Waals surface area contributed by atoms with Crippen LogP contribution in [0, 0.1) is 16.7 Å². The van der Waals surface area contributed by atoms with E-state index >= 15 is 0 Å². The summed E-state index contributed by atoms with van der Waals surface area (Å²) in [5, 5.41) is 12.1. The van der Waals surface area contributed by atoms with E-state index in [-0.39, 0.29) is 11.5 Å². The van der Waals surface area contributed by atoms with Crippen molar-refractivity contribution in [2.24, 2.45) is 5.41 Å². The minimum Gasteiger partial charge on any atom is -0.380 e. The van der Waals surface area contributed by atoms with E-state index < -0.39 is 0 Å². The first kappa shape index (κ1) is 13.4. The zero-order valence-corrected chi connectivity index (χ0v) is 9.76. The van der Waals surface area contributed by atoms with E-state index in [2.05, 4.69) is 11.4 Å². The second-order valence-electron chi connectivity index (χ2n) is 4.35. The fraction of sp³-hybridized carbons (Fsp3) is 0.909. The summed E-state index contributed by atoms with van der Waals surface area (Å²) in [5.41, 5.74) is -0.186.